The first-order valence-corrected chi connectivity index (χ1v) is 6.94. The van der Waals surface area contributed by atoms with Gasteiger partial charge in [-0.2, -0.15) is 0 Å². The second-order valence-corrected chi connectivity index (χ2v) is 4.99. The highest BCUT2D eigenvalue weighted by atomic mass is 16.1. The quantitative estimate of drug-likeness (QED) is 0.554. The maximum Gasteiger partial charge on any atom is 0.354 e. The first-order chi connectivity index (χ1) is 9.99. The van der Waals surface area contributed by atoms with Crippen molar-refractivity contribution in [2.75, 3.05) is 0 Å². The van der Waals surface area contributed by atoms with E-state index in [0.29, 0.717) is 12.4 Å². The van der Waals surface area contributed by atoms with Crippen molar-refractivity contribution in [3.05, 3.63) is 29.5 Å². The third kappa shape index (κ3) is 3.75. The Morgan fingerprint density at radius 2 is 2.10 bits per heavy atom. The smallest absolute Gasteiger partial charge is 0.322 e. The molecule has 0 aliphatic carbocycles. The van der Waals surface area contributed by atoms with Crippen molar-refractivity contribution in [1.29, 1.82) is 0 Å². The highest BCUT2D eigenvalue weighted by molar-refractivity contribution is 5.93. The molecule has 6 heteroatoms. The van der Waals surface area contributed by atoms with E-state index in [2.05, 4.69) is 20.3 Å². The van der Waals surface area contributed by atoms with Gasteiger partial charge >= 0.3 is 5.95 Å². The molecule has 0 saturated heterocycles. The number of aromatic nitrogens is 2. The van der Waals surface area contributed by atoms with E-state index in [1.807, 2.05) is 39.0 Å². The second kappa shape index (κ2) is 6.30. The SMILES string of the molecule is CCCC(=O)N/C(N)=[NH+]/c1nc(C)c2cc(C)ccc2n1. The van der Waals surface area contributed by atoms with E-state index in [9.17, 15) is 4.79 Å². The van der Waals surface area contributed by atoms with Crippen LogP contribution in [0.25, 0.3) is 10.9 Å². The summed E-state index contributed by atoms with van der Waals surface area (Å²) >= 11 is 0. The molecule has 0 aliphatic heterocycles. The molecule has 6 nitrogen and oxygen atoms in total. The largest absolute Gasteiger partial charge is 0.354 e. The van der Waals surface area contributed by atoms with E-state index in [1.165, 1.54) is 0 Å². The number of hydrogen-bond donors (Lipinski definition) is 3. The molecule has 0 unspecified atom stereocenters. The molecule has 21 heavy (non-hydrogen) atoms. The summed E-state index contributed by atoms with van der Waals surface area (Å²) in [5, 5.41) is 3.58. The van der Waals surface area contributed by atoms with Crippen LogP contribution in [0.3, 0.4) is 0 Å². The van der Waals surface area contributed by atoms with E-state index in [1.54, 1.807) is 0 Å². The minimum atomic E-state index is -0.129. The number of amides is 1. The molecular weight excluding hydrogens is 266 g/mol. The molecule has 0 bridgehead atoms. The van der Waals surface area contributed by atoms with Gasteiger partial charge in [-0.05, 0) is 32.4 Å². The van der Waals surface area contributed by atoms with Gasteiger partial charge in [0.15, 0.2) is 0 Å². The lowest BCUT2D eigenvalue weighted by Gasteiger charge is -2.01. The third-order valence-electron chi connectivity index (χ3n) is 3.04. The molecule has 4 N–H and O–H groups in total. The molecule has 0 spiro atoms. The van der Waals surface area contributed by atoms with Crippen LogP contribution in [0.5, 0.6) is 0 Å². The minimum absolute atomic E-state index is 0.129. The molecule has 0 atom stereocenters. The number of benzene rings is 1. The monoisotopic (exact) mass is 286 g/mol. The van der Waals surface area contributed by atoms with E-state index in [4.69, 9.17) is 5.73 Å². The highest BCUT2D eigenvalue weighted by Crippen LogP contribution is 2.16. The number of guanidine groups is 1. The Balaban J connectivity index is 2.30. The highest BCUT2D eigenvalue weighted by Gasteiger charge is 2.10. The summed E-state index contributed by atoms with van der Waals surface area (Å²) in [4.78, 5) is 23.0. The van der Waals surface area contributed by atoms with Crippen molar-refractivity contribution in [3.8, 4) is 0 Å². The summed E-state index contributed by atoms with van der Waals surface area (Å²) in [6.45, 7) is 5.88. The molecule has 0 saturated carbocycles. The Morgan fingerprint density at radius 3 is 2.81 bits per heavy atom. The van der Waals surface area contributed by atoms with Gasteiger partial charge in [0.2, 0.25) is 0 Å². The van der Waals surface area contributed by atoms with Gasteiger partial charge in [-0.25, -0.2) is 10.3 Å². The summed E-state index contributed by atoms with van der Waals surface area (Å²) in [5.74, 6) is 0.382. The van der Waals surface area contributed by atoms with Crippen LogP contribution in [0.4, 0.5) is 5.95 Å². The fraction of sp³-hybridized carbons (Fsp3) is 0.333. The third-order valence-corrected chi connectivity index (χ3v) is 3.04. The number of carbonyl (C=O) groups excluding carboxylic acids is 1. The first-order valence-electron chi connectivity index (χ1n) is 6.94. The number of fused-ring (bicyclic) bond motifs is 1. The van der Waals surface area contributed by atoms with Crippen molar-refractivity contribution >= 4 is 28.7 Å². The summed E-state index contributed by atoms with van der Waals surface area (Å²) in [6.07, 6.45) is 1.20. The van der Waals surface area contributed by atoms with E-state index in [0.717, 1.165) is 28.6 Å². The summed E-state index contributed by atoms with van der Waals surface area (Å²) in [7, 11) is 0. The molecule has 1 amide bonds. The van der Waals surface area contributed by atoms with Crippen molar-refractivity contribution in [3.63, 3.8) is 0 Å². The number of carbonyl (C=O) groups is 1. The Kier molecular flexibility index (Phi) is 4.47. The van der Waals surface area contributed by atoms with Crippen molar-refractivity contribution in [2.45, 2.75) is 33.6 Å². The lowest BCUT2D eigenvalue weighted by atomic mass is 10.1. The number of aryl methyl sites for hydroxylation is 2. The normalized spacial score (nSPS) is 11.7. The average Bonchev–Trinajstić information content (AvgIpc) is 2.39. The van der Waals surface area contributed by atoms with Crippen molar-refractivity contribution < 1.29 is 9.79 Å². The van der Waals surface area contributed by atoms with Crippen LogP contribution in [0.15, 0.2) is 18.2 Å². The Labute approximate surface area is 123 Å². The van der Waals surface area contributed by atoms with Crippen LogP contribution >= 0.6 is 0 Å². The second-order valence-electron chi connectivity index (χ2n) is 4.99. The van der Waals surface area contributed by atoms with Crippen LogP contribution in [-0.2, 0) is 4.79 Å². The van der Waals surface area contributed by atoms with Crippen LogP contribution in [0.2, 0.25) is 0 Å². The number of rotatable bonds is 3. The lowest BCUT2D eigenvalue weighted by Crippen LogP contribution is -2.75. The average molecular weight is 286 g/mol. The molecule has 0 radical (unpaired) electrons. The van der Waals surface area contributed by atoms with Crippen LogP contribution < -0.4 is 16.0 Å². The van der Waals surface area contributed by atoms with E-state index in [-0.39, 0.29) is 11.9 Å². The molecule has 1 aromatic heterocycles. The predicted molar refractivity (Wildman–Crippen MR) is 81.9 cm³/mol. The maximum absolute atomic E-state index is 11.5. The number of nitrogens with zero attached hydrogens (tertiary/aromatic N) is 2. The van der Waals surface area contributed by atoms with Gasteiger partial charge in [-0.3, -0.25) is 4.79 Å². The molecule has 1 heterocycles. The standard InChI is InChI=1S/C15H19N5O/c1-4-5-13(21)19-14(16)20-15-17-10(3)11-8-9(2)6-7-12(11)18-15/h6-8H,4-5H2,1-3H3,(H3,16,17,18,19,20,21)/p+1. The zero-order chi connectivity index (χ0) is 15.4. The van der Waals surface area contributed by atoms with E-state index >= 15 is 0 Å². The Morgan fingerprint density at radius 1 is 1.33 bits per heavy atom. The van der Waals surface area contributed by atoms with Gasteiger partial charge in [0, 0.05) is 11.8 Å². The minimum Gasteiger partial charge on any atom is -0.322 e. The number of nitrogens with one attached hydrogen (secondary N) is 2. The molecule has 2 rings (SSSR count). The van der Waals surface area contributed by atoms with Gasteiger partial charge in [-0.15, -0.1) is 9.97 Å². The number of nitrogens with two attached hydrogens (primary N) is 1. The molecule has 110 valence electrons. The molecular formula is C15H20N5O+. The zero-order valence-electron chi connectivity index (χ0n) is 12.5. The summed E-state index contributed by atoms with van der Waals surface area (Å²) < 4.78 is 0. The lowest BCUT2D eigenvalue weighted by molar-refractivity contribution is -0.367. The van der Waals surface area contributed by atoms with Gasteiger partial charge < -0.3 is 5.73 Å². The van der Waals surface area contributed by atoms with Crippen LogP contribution in [-0.4, -0.2) is 21.8 Å². The Bertz CT molecular complexity index is 709. The van der Waals surface area contributed by atoms with Crippen LogP contribution in [0.1, 0.15) is 31.0 Å². The van der Waals surface area contributed by atoms with Crippen molar-refractivity contribution in [2.24, 2.45) is 5.73 Å². The first kappa shape index (κ1) is 14.9. The van der Waals surface area contributed by atoms with Gasteiger partial charge in [-0.1, -0.05) is 18.6 Å². The molecule has 2 aromatic rings. The summed E-state index contributed by atoms with van der Waals surface area (Å²) in [5.41, 5.74) is 8.61. The Hall–Kier alpha value is -2.50. The number of hydrogen-bond acceptors (Lipinski definition) is 3. The van der Waals surface area contributed by atoms with Crippen molar-refractivity contribution in [1.82, 2.24) is 15.3 Å². The zero-order valence-corrected chi connectivity index (χ0v) is 12.5. The van der Waals surface area contributed by atoms with Gasteiger partial charge in [0.25, 0.3) is 11.9 Å². The fourth-order valence-corrected chi connectivity index (χ4v) is 2.04. The van der Waals surface area contributed by atoms with Gasteiger partial charge in [0.1, 0.15) is 5.52 Å². The molecule has 1 aromatic carbocycles. The van der Waals surface area contributed by atoms with Crippen LogP contribution in [0, 0.1) is 13.8 Å². The molecule has 0 aliphatic rings. The van der Waals surface area contributed by atoms with Gasteiger partial charge in [0.05, 0.1) is 5.69 Å². The maximum atomic E-state index is 11.5. The predicted octanol–water partition coefficient (Wildman–Crippen LogP) is 0.190. The topological polar surface area (TPSA) is 94.9 Å². The molecule has 0 fully saturated rings. The fourth-order valence-electron chi connectivity index (χ4n) is 2.04. The summed E-state index contributed by atoms with van der Waals surface area (Å²) in [6, 6.07) is 5.98. The van der Waals surface area contributed by atoms with E-state index < -0.39 is 0 Å².